The van der Waals surface area contributed by atoms with Crippen molar-refractivity contribution in [2.75, 3.05) is 17.1 Å². The molecule has 29 heavy (non-hydrogen) atoms. The summed E-state index contributed by atoms with van der Waals surface area (Å²) >= 11 is 0. The summed E-state index contributed by atoms with van der Waals surface area (Å²) in [6, 6.07) is 20.6. The molecule has 0 aromatic heterocycles. The van der Waals surface area contributed by atoms with Crippen molar-refractivity contribution in [3.8, 4) is 0 Å². The molecule has 0 heterocycles. The molecule has 3 aromatic carbocycles. The third-order valence-electron chi connectivity index (χ3n) is 4.08. The molecule has 2 amide bonds. The van der Waals surface area contributed by atoms with E-state index in [-0.39, 0.29) is 10.8 Å². The molecular weight excluding hydrogens is 390 g/mol. The second-order valence-electron chi connectivity index (χ2n) is 6.11. The van der Waals surface area contributed by atoms with Crippen molar-refractivity contribution in [1.82, 2.24) is 5.32 Å². The second-order valence-corrected chi connectivity index (χ2v) is 7.79. The minimum absolute atomic E-state index is 0.0489. The van der Waals surface area contributed by atoms with E-state index >= 15 is 0 Å². The lowest BCUT2D eigenvalue weighted by atomic mass is 10.1. The molecule has 0 atom stereocenters. The fourth-order valence-corrected chi connectivity index (χ4v) is 3.62. The van der Waals surface area contributed by atoms with Crippen LogP contribution in [-0.2, 0) is 10.0 Å². The number of para-hydroxylation sites is 1. The fourth-order valence-electron chi connectivity index (χ4n) is 2.56. The van der Waals surface area contributed by atoms with E-state index in [0.717, 1.165) is 0 Å². The zero-order chi connectivity index (χ0) is 20.9. The highest BCUT2D eigenvalue weighted by Gasteiger charge is 2.15. The van der Waals surface area contributed by atoms with Crippen molar-refractivity contribution in [2.45, 2.75) is 4.90 Å². The first-order chi connectivity index (χ1) is 13.9. The van der Waals surface area contributed by atoms with Crippen LogP contribution < -0.4 is 15.4 Å². The molecule has 8 heteroatoms. The maximum Gasteiger partial charge on any atom is 0.261 e. The molecule has 0 fully saturated rings. The molecule has 3 rings (SSSR count). The van der Waals surface area contributed by atoms with Gasteiger partial charge in [0, 0.05) is 29.5 Å². The number of hydrogen-bond acceptors (Lipinski definition) is 4. The van der Waals surface area contributed by atoms with Crippen molar-refractivity contribution in [2.24, 2.45) is 0 Å². The molecule has 0 spiro atoms. The van der Waals surface area contributed by atoms with Crippen LogP contribution in [0.3, 0.4) is 0 Å². The topological polar surface area (TPSA) is 104 Å². The van der Waals surface area contributed by atoms with Gasteiger partial charge < -0.3 is 10.6 Å². The van der Waals surface area contributed by atoms with Crippen LogP contribution in [0.5, 0.6) is 0 Å². The molecule has 0 aliphatic heterocycles. The quantitative estimate of drug-likeness (QED) is 0.582. The number of hydrogen-bond donors (Lipinski definition) is 3. The largest absolute Gasteiger partial charge is 0.355 e. The van der Waals surface area contributed by atoms with Gasteiger partial charge in [-0.3, -0.25) is 14.3 Å². The zero-order valence-electron chi connectivity index (χ0n) is 15.5. The van der Waals surface area contributed by atoms with Crippen LogP contribution in [0.4, 0.5) is 11.4 Å². The van der Waals surface area contributed by atoms with Crippen LogP contribution in [0.2, 0.25) is 0 Å². The maximum absolute atomic E-state index is 12.4. The summed E-state index contributed by atoms with van der Waals surface area (Å²) in [6.07, 6.45) is 0. The summed E-state index contributed by atoms with van der Waals surface area (Å²) in [7, 11) is -2.21. The standard InChI is InChI=1S/C21H19N3O4S/c1-22-20(25)15-7-11-17(12-8-15)23-21(26)16-9-13-19(14-10-16)29(27,28)24-18-5-3-2-4-6-18/h2-14,24H,1H3,(H,22,25)(H,23,26). The van der Waals surface area contributed by atoms with Gasteiger partial charge in [-0.1, -0.05) is 18.2 Å². The molecular formula is C21H19N3O4S. The number of nitrogens with one attached hydrogen (secondary N) is 3. The molecule has 0 aliphatic carbocycles. The summed E-state index contributed by atoms with van der Waals surface area (Å²) in [4.78, 5) is 24.0. The predicted octanol–water partition coefficient (Wildman–Crippen LogP) is 3.10. The van der Waals surface area contributed by atoms with Crippen molar-refractivity contribution < 1.29 is 18.0 Å². The highest BCUT2D eigenvalue weighted by molar-refractivity contribution is 7.92. The predicted molar refractivity (Wildman–Crippen MR) is 111 cm³/mol. The third-order valence-corrected chi connectivity index (χ3v) is 5.48. The Labute approximate surface area is 168 Å². The van der Waals surface area contributed by atoms with Crippen molar-refractivity contribution in [3.63, 3.8) is 0 Å². The minimum Gasteiger partial charge on any atom is -0.355 e. The van der Waals surface area contributed by atoms with Gasteiger partial charge in [0.1, 0.15) is 0 Å². The van der Waals surface area contributed by atoms with Gasteiger partial charge in [-0.15, -0.1) is 0 Å². The normalized spacial score (nSPS) is 10.8. The monoisotopic (exact) mass is 409 g/mol. The summed E-state index contributed by atoms with van der Waals surface area (Å²) in [5.74, 6) is -0.610. The molecule has 0 unspecified atom stereocenters. The summed E-state index contributed by atoms with van der Waals surface area (Å²) in [5, 5.41) is 5.22. The Morgan fingerprint density at radius 1 is 0.690 bits per heavy atom. The van der Waals surface area contributed by atoms with Gasteiger partial charge in [0.15, 0.2) is 0 Å². The Hall–Kier alpha value is -3.65. The van der Waals surface area contributed by atoms with E-state index in [1.807, 2.05) is 0 Å². The molecule has 148 valence electrons. The zero-order valence-corrected chi connectivity index (χ0v) is 16.4. The van der Waals surface area contributed by atoms with Crippen LogP contribution in [0.1, 0.15) is 20.7 Å². The number of carbonyl (C=O) groups excluding carboxylic acids is 2. The number of rotatable bonds is 6. The molecule has 0 saturated carbocycles. The van der Waals surface area contributed by atoms with Gasteiger partial charge in [-0.25, -0.2) is 8.42 Å². The van der Waals surface area contributed by atoms with E-state index in [0.29, 0.717) is 22.5 Å². The van der Waals surface area contributed by atoms with Crippen LogP contribution in [-0.4, -0.2) is 27.3 Å². The SMILES string of the molecule is CNC(=O)c1ccc(NC(=O)c2ccc(S(=O)(=O)Nc3ccccc3)cc2)cc1. The summed E-state index contributed by atoms with van der Waals surface area (Å²) < 4.78 is 27.4. The number of carbonyl (C=O) groups is 2. The summed E-state index contributed by atoms with van der Waals surface area (Å²) in [5.41, 5.74) is 1.75. The van der Waals surface area contributed by atoms with Gasteiger partial charge in [0.2, 0.25) is 0 Å². The first kappa shape index (κ1) is 20.1. The van der Waals surface area contributed by atoms with Gasteiger partial charge in [0.05, 0.1) is 4.90 Å². The Morgan fingerprint density at radius 3 is 1.83 bits per heavy atom. The Kier molecular flexibility index (Phi) is 5.94. The second kappa shape index (κ2) is 8.57. The van der Waals surface area contributed by atoms with Crippen LogP contribution in [0.25, 0.3) is 0 Å². The molecule has 3 N–H and O–H groups in total. The van der Waals surface area contributed by atoms with Gasteiger partial charge >= 0.3 is 0 Å². The lowest BCUT2D eigenvalue weighted by Gasteiger charge is -2.09. The highest BCUT2D eigenvalue weighted by Crippen LogP contribution is 2.17. The number of sulfonamides is 1. The fraction of sp³-hybridized carbons (Fsp3) is 0.0476. The smallest absolute Gasteiger partial charge is 0.261 e. The van der Waals surface area contributed by atoms with Gasteiger partial charge in [-0.2, -0.15) is 0 Å². The number of benzene rings is 3. The maximum atomic E-state index is 12.4. The van der Waals surface area contributed by atoms with E-state index in [9.17, 15) is 18.0 Å². The van der Waals surface area contributed by atoms with Crippen molar-refractivity contribution in [3.05, 3.63) is 90.0 Å². The lowest BCUT2D eigenvalue weighted by molar-refractivity contribution is 0.0962. The van der Waals surface area contributed by atoms with Crippen molar-refractivity contribution in [1.29, 1.82) is 0 Å². The first-order valence-corrected chi connectivity index (χ1v) is 10.2. The minimum atomic E-state index is -3.75. The first-order valence-electron chi connectivity index (χ1n) is 8.70. The molecule has 0 bridgehead atoms. The van der Waals surface area contributed by atoms with E-state index in [2.05, 4.69) is 15.4 Å². The Balaban J connectivity index is 1.69. The number of amides is 2. The van der Waals surface area contributed by atoms with Crippen LogP contribution in [0, 0.1) is 0 Å². The summed E-state index contributed by atoms with van der Waals surface area (Å²) in [6.45, 7) is 0. The molecule has 7 nitrogen and oxygen atoms in total. The molecule has 0 saturated heterocycles. The Morgan fingerprint density at radius 2 is 1.24 bits per heavy atom. The average Bonchev–Trinajstić information content (AvgIpc) is 2.74. The highest BCUT2D eigenvalue weighted by atomic mass is 32.2. The van der Waals surface area contributed by atoms with E-state index in [4.69, 9.17) is 0 Å². The van der Waals surface area contributed by atoms with Crippen molar-refractivity contribution >= 4 is 33.2 Å². The molecule has 0 radical (unpaired) electrons. The van der Waals surface area contributed by atoms with Gasteiger partial charge in [0.25, 0.3) is 21.8 Å². The molecule has 3 aromatic rings. The molecule has 0 aliphatic rings. The van der Waals surface area contributed by atoms with E-state index in [1.54, 1.807) is 54.6 Å². The average molecular weight is 409 g/mol. The lowest BCUT2D eigenvalue weighted by Crippen LogP contribution is -2.18. The number of anilines is 2. The van der Waals surface area contributed by atoms with Gasteiger partial charge in [-0.05, 0) is 60.7 Å². The van der Waals surface area contributed by atoms with E-state index < -0.39 is 15.9 Å². The Bertz CT molecular complexity index is 1110. The van der Waals surface area contributed by atoms with Crippen LogP contribution >= 0.6 is 0 Å². The van der Waals surface area contributed by atoms with Crippen LogP contribution in [0.15, 0.2) is 83.8 Å². The third kappa shape index (κ3) is 4.99. The van der Waals surface area contributed by atoms with E-state index in [1.165, 1.54) is 31.3 Å².